The third-order valence-electron chi connectivity index (χ3n) is 2.84. The number of thiazole rings is 1. The Labute approximate surface area is 110 Å². The Balaban J connectivity index is 2.00. The van der Waals surface area contributed by atoms with Crippen molar-refractivity contribution in [2.45, 2.75) is 32.8 Å². The Morgan fingerprint density at radius 3 is 2.72 bits per heavy atom. The van der Waals surface area contributed by atoms with Crippen LogP contribution in [-0.4, -0.2) is 16.2 Å². The summed E-state index contributed by atoms with van der Waals surface area (Å²) in [4.78, 5) is 4.33. The van der Waals surface area contributed by atoms with Gasteiger partial charge in [0.2, 0.25) is 0 Å². The molecule has 18 heavy (non-hydrogen) atoms. The second-order valence-electron chi connectivity index (χ2n) is 4.52. The molecule has 0 spiro atoms. The summed E-state index contributed by atoms with van der Waals surface area (Å²) in [7, 11) is 0. The number of aromatic nitrogens is 1. The zero-order valence-electron chi connectivity index (χ0n) is 10.5. The van der Waals surface area contributed by atoms with Gasteiger partial charge in [0.15, 0.2) is 0 Å². The lowest BCUT2D eigenvalue weighted by Crippen LogP contribution is -2.14. The average molecular weight is 265 g/mol. The largest absolute Gasteiger partial charge is 0.392 e. The molecule has 0 fully saturated rings. The van der Waals surface area contributed by atoms with Crippen LogP contribution in [0.15, 0.2) is 23.6 Å². The molecule has 1 heterocycles. The monoisotopic (exact) mass is 265 g/mol. The summed E-state index contributed by atoms with van der Waals surface area (Å²) < 4.78 is 13.0. The minimum Gasteiger partial charge on any atom is -0.392 e. The van der Waals surface area contributed by atoms with E-state index in [0.717, 1.165) is 21.8 Å². The lowest BCUT2D eigenvalue weighted by Gasteiger charge is -2.11. The quantitative estimate of drug-likeness (QED) is 0.921. The lowest BCUT2D eigenvalue weighted by atomic mass is 10.0. The van der Waals surface area contributed by atoms with E-state index in [1.165, 1.54) is 12.1 Å². The van der Waals surface area contributed by atoms with E-state index in [1.807, 2.05) is 19.2 Å². The van der Waals surface area contributed by atoms with Gasteiger partial charge in [-0.15, -0.1) is 11.3 Å². The third-order valence-corrected chi connectivity index (χ3v) is 3.83. The maximum atomic E-state index is 13.0. The van der Waals surface area contributed by atoms with Gasteiger partial charge in [0, 0.05) is 17.5 Å². The van der Waals surface area contributed by atoms with E-state index < -0.39 is 6.10 Å². The van der Waals surface area contributed by atoms with Gasteiger partial charge in [-0.05, 0) is 43.5 Å². The van der Waals surface area contributed by atoms with Gasteiger partial charge in [0.1, 0.15) is 5.82 Å². The van der Waals surface area contributed by atoms with Crippen LogP contribution >= 0.6 is 11.3 Å². The highest BCUT2D eigenvalue weighted by Crippen LogP contribution is 2.16. The molecule has 0 aliphatic carbocycles. The first-order valence-electron chi connectivity index (χ1n) is 5.88. The van der Waals surface area contributed by atoms with Crippen molar-refractivity contribution in [3.63, 3.8) is 0 Å². The Morgan fingerprint density at radius 1 is 1.33 bits per heavy atom. The molecule has 1 unspecified atom stereocenters. The maximum absolute atomic E-state index is 13.0. The van der Waals surface area contributed by atoms with Crippen molar-refractivity contribution in [3.8, 4) is 0 Å². The highest BCUT2D eigenvalue weighted by Gasteiger charge is 2.11. The number of nitrogens with zero attached hydrogens (tertiary/aromatic N) is 1. The van der Waals surface area contributed by atoms with E-state index >= 15 is 0 Å². The number of rotatable bonds is 4. The van der Waals surface area contributed by atoms with Crippen molar-refractivity contribution in [2.24, 2.45) is 0 Å². The SMILES string of the molecule is Cc1csc(CC(O)Cc2ccc(F)cc2C)n1. The average Bonchev–Trinajstić information content (AvgIpc) is 2.68. The number of hydrogen-bond acceptors (Lipinski definition) is 3. The molecule has 1 aromatic carbocycles. The van der Waals surface area contributed by atoms with Crippen molar-refractivity contribution in [1.29, 1.82) is 0 Å². The molecule has 0 aliphatic rings. The number of aryl methyl sites for hydroxylation is 2. The smallest absolute Gasteiger partial charge is 0.123 e. The van der Waals surface area contributed by atoms with Crippen molar-refractivity contribution in [1.82, 2.24) is 4.98 Å². The van der Waals surface area contributed by atoms with Gasteiger partial charge in [-0.25, -0.2) is 9.37 Å². The molecular weight excluding hydrogens is 249 g/mol. The molecule has 0 saturated heterocycles. The fourth-order valence-electron chi connectivity index (χ4n) is 1.91. The van der Waals surface area contributed by atoms with Crippen molar-refractivity contribution >= 4 is 11.3 Å². The number of benzene rings is 1. The predicted octanol–water partition coefficient (Wildman–Crippen LogP) is 3.05. The third kappa shape index (κ3) is 3.37. The zero-order chi connectivity index (χ0) is 13.1. The first kappa shape index (κ1) is 13.2. The Kier molecular flexibility index (Phi) is 4.09. The molecule has 1 atom stereocenters. The number of hydrogen-bond donors (Lipinski definition) is 1. The van der Waals surface area contributed by atoms with Gasteiger partial charge in [-0.3, -0.25) is 0 Å². The minimum atomic E-state index is -0.472. The summed E-state index contributed by atoms with van der Waals surface area (Å²) in [6.45, 7) is 3.80. The summed E-state index contributed by atoms with van der Waals surface area (Å²) in [6.07, 6.45) is 0.611. The molecule has 0 radical (unpaired) electrons. The molecule has 0 amide bonds. The minimum absolute atomic E-state index is 0.235. The molecule has 0 aliphatic heterocycles. The molecular formula is C14H16FNOS. The number of aliphatic hydroxyl groups excluding tert-OH is 1. The van der Waals surface area contributed by atoms with Gasteiger partial charge in [0.25, 0.3) is 0 Å². The van der Waals surface area contributed by atoms with Crippen LogP contribution in [0, 0.1) is 19.7 Å². The van der Waals surface area contributed by atoms with E-state index in [1.54, 1.807) is 17.4 Å². The summed E-state index contributed by atoms with van der Waals surface area (Å²) in [6, 6.07) is 4.67. The van der Waals surface area contributed by atoms with Crippen LogP contribution in [0.4, 0.5) is 4.39 Å². The molecule has 2 nitrogen and oxygen atoms in total. The van der Waals surface area contributed by atoms with E-state index in [2.05, 4.69) is 4.98 Å². The first-order valence-corrected chi connectivity index (χ1v) is 6.76. The van der Waals surface area contributed by atoms with Crippen LogP contribution in [0.2, 0.25) is 0 Å². The molecule has 2 aromatic rings. The Hall–Kier alpha value is -1.26. The van der Waals surface area contributed by atoms with E-state index in [4.69, 9.17) is 0 Å². The summed E-state index contributed by atoms with van der Waals surface area (Å²) >= 11 is 1.56. The van der Waals surface area contributed by atoms with Crippen LogP contribution in [0.3, 0.4) is 0 Å². The van der Waals surface area contributed by atoms with Crippen LogP contribution in [0.25, 0.3) is 0 Å². The molecule has 96 valence electrons. The molecule has 1 aromatic heterocycles. The lowest BCUT2D eigenvalue weighted by molar-refractivity contribution is 0.175. The van der Waals surface area contributed by atoms with Gasteiger partial charge in [0.05, 0.1) is 11.1 Å². The van der Waals surface area contributed by atoms with Crippen LogP contribution in [0.5, 0.6) is 0 Å². The zero-order valence-corrected chi connectivity index (χ0v) is 11.3. The number of halogens is 1. The van der Waals surface area contributed by atoms with Crippen LogP contribution < -0.4 is 0 Å². The highest BCUT2D eigenvalue weighted by molar-refractivity contribution is 7.09. The Morgan fingerprint density at radius 2 is 2.11 bits per heavy atom. The van der Waals surface area contributed by atoms with Crippen molar-refractivity contribution < 1.29 is 9.50 Å². The summed E-state index contributed by atoms with van der Waals surface area (Å²) in [5.74, 6) is -0.235. The molecule has 4 heteroatoms. The van der Waals surface area contributed by atoms with E-state index in [0.29, 0.717) is 12.8 Å². The molecule has 2 rings (SSSR count). The van der Waals surface area contributed by atoms with Crippen LogP contribution in [-0.2, 0) is 12.8 Å². The van der Waals surface area contributed by atoms with Crippen molar-refractivity contribution in [2.75, 3.05) is 0 Å². The van der Waals surface area contributed by atoms with E-state index in [-0.39, 0.29) is 5.82 Å². The number of aliphatic hydroxyl groups is 1. The van der Waals surface area contributed by atoms with Gasteiger partial charge < -0.3 is 5.11 Å². The second-order valence-corrected chi connectivity index (χ2v) is 5.46. The normalized spacial score (nSPS) is 12.7. The van der Waals surface area contributed by atoms with Gasteiger partial charge in [-0.2, -0.15) is 0 Å². The van der Waals surface area contributed by atoms with Crippen LogP contribution in [0.1, 0.15) is 21.8 Å². The first-order chi connectivity index (χ1) is 8.54. The summed E-state index contributed by atoms with van der Waals surface area (Å²) in [5.41, 5.74) is 2.85. The van der Waals surface area contributed by atoms with Gasteiger partial charge in [-0.1, -0.05) is 6.07 Å². The molecule has 0 saturated carbocycles. The fraction of sp³-hybridized carbons (Fsp3) is 0.357. The Bertz CT molecular complexity index is 538. The van der Waals surface area contributed by atoms with E-state index in [9.17, 15) is 9.50 Å². The topological polar surface area (TPSA) is 33.1 Å². The predicted molar refractivity (Wildman–Crippen MR) is 71.4 cm³/mol. The summed E-state index contributed by atoms with van der Waals surface area (Å²) in [5, 5.41) is 13.0. The highest BCUT2D eigenvalue weighted by atomic mass is 32.1. The molecule has 0 bridgehead atoms. The standard InChI is InChI=1S/C14H16FNOS/c1-9-5-12(15)4-3-11(9)6-13(17)7-14-16-10(2)8-18-14/h3-5,8,13,17H,6-7H2,1-2H3. The second kappa shape index (κ2) is 5.59. The van der Waals surface area contributed by atoms with Crippen molar-refractivity contribution in [3.05, 3.63) is 51.2 Å². The maximum Gasteiger partial charge on any atom is 0.123 e. The molecule has 1 N–H and O–H groups in total. The fourth-order valence-corrected chi connectivity index (χ4v) is 2.76. The van der Waals surface area contributed by atoms with Gasteiger partial charge >= 0.3 is 0 Å².